The van der Waals surface area contributed by atoms with Gasteiger partial charge in [0.1, 0.15) is 4.21 Å². The molecule has 2 unspecified atom stereocenters. The summed E-state index contributed by atoms with van der Waals surface area (Å²) in [6.45, 7) is 4.38. The maximum atomic E-state index is 13.2. The summed E-state index contributed by atoms with van der Waals surface area (Å²) in [5.74, 6) is -0.215. The third-order valence-corrected chi connectivity index (χ3v) is 10.9. The molecule has 14 heteroatoms. The summed E-state index contributed by atoms with van der Waals surface area (Å²) in [5.41, 5.74) is -2.89. The fourth-order valence-electron chi connectivity index (χ4n) is 3.96. The van der Waals surface area contributed by atoms with Crippen molar-refractivity contribution in [3.05, 3.63) is 47.3 Å². The summed E-state index contributed by atoms with van der Waals surface area (Å²) in [6, 6.07) is 7.66. The number of nitrogens with one attached hydrogen (secondary N) is 1. The Kier molecular flexibility index (Phi) is 8.48. The molecule has 0 aliphatic carbocycles. The molecule has 0 amide bonds. The summed E-state index contributed by atoms with van der Waals surface area (Å²) < 4.78 is 94.7. The molecule has 2 aromatic rings. The predicted molar refractivity (Wildman–Crippen MR) is 133 cm³/mol. The molecule has 36 heavy (non-hydrogen) atoms. The Balaban J connectivity index is 1.88. The lowest BCUT2D eigenvalue weighted by molar-refractivity contribution is -0.258. The molecule has 1 saturated heterocycles. The number of nitrogens with zero attached hydrogens (tertiary/aromatic N) is 2. The monoisotopic (exact) mass is 569 g/mol. The molecule has 0 bridgehead atoms. The first kappa shape index (κ1) is 28.9. The van der Waals surface area contributed by atoms with Crippen LogP contribution in [0.5, 0.6) is 0 Å². The molecular formula is C22H30F3N3O5S3. The third kappa shape index (κ3) is 6.40. The van der Waals surface area contributed by atoms with E-state index in [4.69, 9.17) is 0 Å². The molecule has 202 valence electrons. The Morgan fingerprint density at radius 2 is 1.75 bits per heavy atom. The van der Waals surface area contributed by atoms with Crippen LogP contribution in [-0.4, -0.2) is 70.4 Å². The molecule has 0 spiro atoms. The van der Waals surface area contributed by atoms with E-state index in [9.17, 15) is 35.1 Å². The minimum Gasteiger partial charge on any atom is -0.376 e. The van der Waals surface area contributed by atoms with E-state index in [1.54, 1.807) is 30.2 Å². The lowest BCUT2D eigenvalue weighted by Crippen LogP contribution is -2.58. The number of rotatable bonds is 9. The average Bonchev–Trinajstić information content (AvgIpc) is 3.32. The molecule has 2 N–H and O–H groups in total. The topological polar surface area (TPSA) is 107 Å². The van der Waals surface area contributed by atoms with Crippen LogP contribution in [0.2, 0.25) is 0 Å². The molecular weight excluding hydrogens is 539 g/mol. The van der Waals surface area contributed by atoms with E-state index in [0.717, 1.165) is 23.5 Å². The number of aliphatic hydroxyl groups is 1. The third-order valence-electron chi connectivity index (χ3n) is 5.94. The molecule has 8 nitrogen and oxygen atoms in total. The second-order valence-corrected chi connectivity index (χ2v) is 14.2. The van der Waals surface area contributed by atoms with Crippen molar-refractivity contribution in [2.24, 2.45) is 5.92 Å². The lowest BCUT2D eigenvalue weighted by atomic mass is 9.95. The van der Waals surface area contributed by atoms with E-state index in [2.05, 4.69) is 4.72 Å². The van der Waals surface area contributed by atoms with Gasteiger partial charge in [0, 0.05) is 31.9 Å². The molecule has 1 aromatic heterocycles. The summed E-state index contributed by atoms with van der Waals surface area (Å²) in [4.78, 5) is 1.77. The molecule has 2 heterocycles. The number of halogens is 3. The second-order valence-electron chi connectivity index (χ2n) is 9.28. The van der Waals surface area contributed by atoms with Crippen molar-refractivity contribution in [3.8, 4) is 0 Å². The lowest BCUT2D eigenvalue weighted by Gasteiger charge is -2.42. The number of alkyl halides is 3. The van der Waals surface area contributed by atoms with E-state index in [-0.39, 0.29) is 47.6 Å². The van der Waals surface area contributed by atoms with Gasteiger partial charge in [0.15, 0.2) is 5.60 Å². The van der Waals surface area contributed by atoms with Crippen molar-refractivity contribution in [1.82, 2.24) is 9.03 Å². The van der Waals surface area contributed by atoms with Crippen molar-refractivity contribution >= 4 is 37.1 Å². The summed E-state index contributed by atoms with van der Waals surface area (Å²) in [7, 11) is -7.41. The summed E-state index contributed by atoms with van der Waals surface area (Å²) >= 11 is 1.08. The van der Waals surface area contributed by atoms with Crippen molar-refractivity contribution < 1.29 is 35.1 Å². The maximum absolute atomic E-state index is 13.2. The van der Waals surface area contributed by atoms with Crippen LogP contribution in [0.1, 0.15) is 26.3 Å². The first-order valence-corrected chi connectivity index (χ1v) is 15.2. The van der Waals surface area contributed by atoms with Crippen molar-refractivity contribution in [2.75, 3.05) is 36.8 Å². The minimum atomic E-state index is -4.87. The molecule has 1 fully saturated rings. The van der Waals surface area contributed by atoms with Gasteiger partial charge in [-0.25, -0.2) is 21.6 Å². The van der Waals surface area contributed by atoms with Crippen LogP contribution >= 0.6 is 11.3 Å². The molecule has 1 aliphatic heterocycles. The number of thiophene rings is 1. The van der Waals surface area contributed by atoms with Crippen LogP contribution in [0, 0.1) is 5.92 Å². The standard InChI is InChI=1S/C22H30F3N3O5S3/c1-16(2)15-35(30,31)26-13-19-14-27(36(32,33)20-5-4-12-34-20)10-11-28(19)18-8-6-17(7-9-18)21(3,29)22(23,24)25/h4-9,12,16,19,26,29H,10-11,13-15H2,1-3H3. The van der Waals surface area contributed by atoms with E-state index in [0.29, 0.717) is 12.6 Å². The van der Waals surface area contributed by atoms with Gasteiger partial charge in [0.25, 0.3) is 10.0 Å². The van der Waals surface area contributed by atoms with Gasteiger partial charge in [-0.1, -0.05) is 32.0 Å². The van der Waals surface area contributed by atoms with Crippen molar-refractivity contribution in [2.45, 2.75) is 42.8 Å². The van der Waals surface area contributed by atoms with Crippen LogP contribution < -0.4 is 9.62 Å². The van der Waals surface area contributed by atoms with Gasteiger partial charge < -0.3 is 10.0 Å². The van der Waals surface area contributed by atoms with Crippen molar-refractivity contribution in [3.63, 3.8) is 0 Å². The Hall–Kier alpha value is -1.71. The summed E-state index contributed by atoms with van der Waals surface area (Å²) in [5, 5.41) is 11.6. The van der Waals surface area contributed by atoms with E-state index < -0.39 is 37.9 Å². The molecule has 0 saturated carbocycles. The summed E-state index contributed by atoms with van der Waals surface area (Å²) in [6.07, 6.45) is -4.87. The first-order valence-electron chi connectivity index (χ1n) is 11.2. The van der Waals surface area contributed by atoms with E-state index in [1.165, 1.54) is 22.5 Å². The molecule has 0 radical (unpaired) electrons. The number of benzene rings is 1. The maximum Gasteiger partial charge on any atom is 0.421 e. The normalized spacial score (nSPS) is 20.0. The quantitative estimate of drug-likeness (QED) is 0.481. The second kappa shape index (κ2) is 10.6. The van der Waals surface area contributed by atoms with Gasteiger partial charge in [-0.05, 0) is 42.0 Å². The SMILES string of the molecule is CC(C)CS(=O)(=O)NCC1CN(S(=O)(=O)c2cccs2)CCN1c1ccc(C(C)(O)C(F)(F)F)cc1. The Labute approximate surface area is 213 Å². The highest BCUT2D eigenvalue weighted by Gasteiger charge is 2.51. The zero-order valence-corrected chi connectivity index (χ0v) is 22.5. The largest absolute Gasteiger partial charge is 0.421 e. The molecule has 1 aromatic carbocycles. The van der Waals surface area contributed by atoms with E-state index in [1.807, 2.05) is 0 Å². The molecule has 2 atom stereocenters. The van der Waals surface area contributed by atoms with Crippen LogP contribution in [0.4, 0.5) is 18.9 Å². The van der Waals surface area contributed by atoms with Crippen LogP contribution in [-0.2, 0) is 25.6 Å². The Bertz CT molecular complexity index is 1230. The highest BCUT2D eigenvalue weighted by molar-refractivity contribution is 7.91. The molecule has 3 rings (SSSR count). The van der Waals surface area contributed by atoms with Crippen LogP contribution in [0.25, 0.3) is 0 Å². The number of piperazine rings is 1. The van der Waals surface area contributed by atoms with Crippen molar-refractivity contribution in [1.29, 1.82) is 0 Å². The number of anilines is 1. The van der Waals surface area contributed by atoms with Gasteiger partial charge in [-0.2, -0.15) is 17.5 Å². The highest BCUT2D eigenvalue weighted by Crippen LogP contribution is 2.39. The minimum absolute atomic E-state index is 0.0214. The van der Waals surface area contributed by atoms with Gasteiger partial charge in [-0.15, -0.1) is 11.3 Å². The van der Waals surface area contributed by atoms with Crippen LogP contribution in [0.3, 0.4) is 0 Å². The van der Waals surface area contributed by atoms with Gasteiger partial charge >= 0.3 is 6.18 Å². The zero-order valence-electron chi connectivity index (χ0n) is 20.1. The molecule has 1 aliphatic rings. The van der Waals surface area contributed by atoms with Gasteiger partial charge in [-0.3, -0.25) is 0 Å². The number of hydrogen-bond acceptors (Lipinski definition) is 7. The highest BCUT2D eigenvalue weighted by atomic mass is 32.2. The van der Waals surface area contributed by atoms with Gasteiger partial charge in [0.05, 0.1) is 11.8 Å². The van der Waals surface area contributed by atoms with E-state index >= 15 is 0 Å². The Morgan fingerprint density at radius 3 is 2.28 bits per heavy atom. The fourth-order valence-corrected chi connectivity index (χ4v) is 8.01. The zero-order chi connectivity index (χ0) is 26.9. The van der Waals surface area contributed by atoms with Crippen LogP contribution in [0.15, 0.2) is 46.0 Å². The Morgan fingerprint density at radius 1 is 1.11 bits per heavy atom. The smallest absolute Gasteiger partial charge is 0.376 e. The average molecular weight is 570 g/mol. The fraction of sp³-hybridized carbons (Fsp3) is 0.545. The number of hydrogen-bond donors (Lipinski definition) is 2. The van der Waals surface area contributed by atoms with Gasteiger partial charge in [0.2, 0.25) is 10.0 Å². The first-order chi connectivity index (χ1) is 16.5. The predicted octanol–water partition coefficient (Wildman–Crippen LogP) is 2.97. The number of sulfonamides is 2.